The first-order valence-corrected chi connectivity index (χ1v) is 9.18. The molecule has 2 nitrogen and oxygen atoms in total. The molecule has 21 heavy (non-hydrogen) atoms. The Morgan fingerprint density at radius 1 is 1.24 bits per heavy atom. The highest BCUT2D eigenvalue weighted by molar-refractivity contribution is 9.10. The lowest BCUT2D eigenvalue weighted by atomic mass is 9.74. The second kappa shape index (κ2) is 6.80. The van der Waals surface area contributed by atoms with Crippen molar-refractivity contribution in [2.24, 2.45) is 17.6 Å². The Balaban J connectivity index is 1.75. The summed E-state index contributed by atoms with van der Waals surface area (Å²) in [6.07, 6.45) is 7.14. The van der Waals surface area contributed by atoms with Crippen molar-refractivity contribution in [2.75, 3.05) is 19.6 Å². The molecule has 116 valence electrons. The summed E-state index contributed by atoms with van der Waals surface area (Å²) in [5, 5.41) is 0. The van der Waals surface area contributed by atoms with Crippen molar-refractivity contribution in [1.82, 2.24) is 4.90 Å². The lowest BCUT2D eigenvalue weighted by Crippen LogP contribution is -2.45. The average Bonchev–Trinajstić information content (AvgIpc) is 2.51. The molecular formula is C18H27BrN2. The summed E-state index contributed by atoms with van der Waals surface area (Å²) in [6, 6.07) is 7.10. The topological polar surface area (TPSA) is 29.3 Å². The molecule has 0 radical (unpaired) electrons. The van der Waals surface area contributed by atoms with Crippen molar-refractivity contribution >= 4 is 15.9 Å². The van der Waals surface area contributed by atoms with E-state index in [9.17, 15) is 0 Å². The maximum atomic E-state index is 6.13. The van der Waals surface area contributed by atoms with Crippen LogP contribution in [0.3, 0.4) is 0 Å². The van der Waals surface area contributed by atoms with E-state index in [-0.39, 0.29) is 0 Å². The van der Waals surface area contributed by atoms with E-state index in [2.05, 4.69) is 46.0 Å². The number of hydrogen-bond acceptors (Lipinski definition) is 2. The van der Waals surface area contributed by atoms with E-state index >= 15 is 0 Å². The highest BCUT2D eigenvalue weighted by Gasteiger charge is 2.33. The number of nitrogens with zero attached hydrogens (tertiary/aromatic N) is 1. The van der Waals surface area contributed by atoms with E-state index < -0.39 is 0 Å². The normalized spacial score (nSPS) is 28.1. The van der Waals surface area contributed by atoms with Gasteiger partial charge >= 0.3 is 0 Å². The lowest BCUT2D eigenvalue weighted by Gasteiger charge is -2.44. The number of fused-ring (bicyclic) bond motifs is 1. The Bertz CT molecular complexity index is 488. The van der Waals surface area contributed by atoms with Crippen LogP contribution in [-0.4, -0.2) is 24.5 Å². The second-order valence-electron chi connectivity index (χ2n) is 6.85. The quantitative estimate of drug-likeness (QED) is 0.881. The molecule has 1 aromatic carbocycles. The fourth-order valence-corrected chi connectivity index (χ4v) is 4.62. The number of nitrogens with two attached hydrogens (primary N) is 1. The zero-order valence-electron chi connectivity index (χ0n) is 13.0. The predicted molar refractivity (Wildman–Crippen MR) is 92.3 cm³/mol. The van der Waals surface area contributed by atoms with Gasteiger partial charge in [-0.2, -0.15) is 0 Å². The number of aryl methyl sites for hydroxylation is 1. The molecule has 2 aliphatic rings. The van der Waals surface area contributed by atoms with E-state index in [0.717, 1.165) is 11.8 Å². The van der Waals surface area contributed by atoms with Crippen molar-refractivity contribution in [2.45, 2.75) is 45.1 Å². The van der Waals surface area contributed by atoms with Crippen molar-refractivity contribution in [1.29, 1.82) is 0 Å². The van der Waals surface area contributed by atoms with Crippen LogP contribution in [0.15, 0.2) is 22.7 Å². The van der Waals surface area contributed by atoms with Crippen LogP contribution in [0.1, 0.15) is 49.3 Å². The summed E-state index contributed by atoms with van der Waals surface area (Å²) in [7, 11) is 0. The third-order valence-electron chi connectivity index (χ3n) is 5.57. The predicted octanol–water partition coefficient (Wildman–Crippen LogP) is 4.27. The first-order chi connectivity index (χ1) is 10.2. The number of benzene rings is 1. The fraction of sp³-hybridized carbons (Fsp3) is 0.667. The molecule has 1 saturated carbocycles. The Morgan fingerprint density at radius 2 is 2.00 bits per heavy atom. The molecule has 1 aliphatic heterocycles. The van der Waals surface area contributed by atoms with Gasteiger partial charge in [-0.15, -0.1) is 0 Å². The molecular weight excluding hydrogens is 324 g/mol. The van der Waals surface area contributed by atoms with Gasteiger partial charge in [-0.05, 0) is 55.3 Å². The van der Waals surface area contributed by atoms with Crippen LogP contribution in [0.2, 0.25) is 0 Å². The minimum absolute atomic E-state index is 0.379. The molecule has 2 N–H and O–H groups in total. The molecule has 1 aliphatic carbocycles. The molecule has 2 fully saturated rings. The Hall–Kier alpha value is -0.380. The maximum Gasteiger partial charge on any atom is 0.0470 e. The molecule has 1 saturated heterocycles. The van der Waals surface area contributed by atoms with Crippen LogP contribution in [0.25, 0.3) is 0 Å². The van der Waals surface area contributed by atoms with Gasteiger partial charge in [-0.25, -0.2) is 0 Å². The summed E-state index contributed by atoms with van der Waals surface area (Å²) < 4.78 is 1.20. The van der Waals surface area contributed by atoms with Crippen LogP contribution >= 0.6 is 15.9 Å². The molecule has 1 heterocycles. The van der Waals surface area contributed by atoms with E-state index in [1.165, 1.54) is 60.8 Å². The summed E-state index contributed by atoms with van der Waals surface area (Å²) in [5.74, 6) is 1.90. The van der Waals surface area contributed by atoms with Crippen molar-refractivity contribution in [3.8, 4) is 0 Å². The van der Waals surface area contributed by atoms with Gasteiger partial charge in [-0.3, -0.25) is 4.90 Å². The Labute approximate surface area is 137 Å². The van der Waals surface area contributed by atoms with Crippen LogP contribution in [-0.2, 0) is 0 Å². The van der Waals surface area contributed by atoms with Gasteiger partial charge in [0.15, 0.2) is 0 Å². The fourth-order valence-electron chi connectivity index (χ4n) is 4.22. The summed E-state index contributed by atoms with van der Waals surface area (Å²) in [4.78, 5) is 2.64. The summed E-state index contributed by atoms with van der Waals surface area (Å²) >= 11 is 3.66. The van der Waals surface area contributed by atoms with Gasteiger partial charge in [0.25, 0.3) is 0 Å². The molecule has 0 amide bonds. The SMILES string of the molecule is Cc1ccc(C(CN)N2CCC3CCCCC3C2)cc1Br. The summed E-state index contributed by atoms with van der Waals surface area (Å²) in [6.45, 7) is 5.32. The average molecular weight is 351 g/mol. The van der Waals surface area contributed by atoms with Crippen LogP contribution in [0.5, 0.6) is 0 Å². The molecule has 3 rings (SSSR count). The first-order valence-electron chi connectivity index (χ1n) is 8.39. The molecule has 3 unspecified atom stereocenters. The smallest absolute Gasteiger partial charge is 0.0470 e. The molecule has 3 atom stereocenters. The molecule has 0 aromatic heterocycles. The molecule has 0 spiro atoms. The van der Waals surface area contributed by atoms with Crippen molar-refractivity contribution < 1.29 is 0 Å². The van der Waals surface area contributed by atoms with Crippen LogP contribution in [0, 0.1) is 18.8 Å². The summed E-state index contributed by atoms with van der Waals surface area (Å²) in [5.41, 5.74) is 8.79. The van der Waals surface area contributed by atoms with Gasteiger partial charge in [0.05, 0.1) is 0 Å². The zero-order valence-corrected chi connectivity index (χ0v) is 14.6. The minimum Gasteiger partial charge on any atom is -0.329 e. The number of rotatable bonds is 3. The Kier molecular flexibility index (Phi) is 5.03. The highest BCUT2D eigenvalue weighted by Crippen LogP contribution is 2.38. The second-order valence-corrected chi connectivity index (χ2v) is 7.70. The molecule has 0 bridgehead atoms. The number of hydrogen-bond donors (Lipinski definition) is 1. The lowest BCUT2D eigenvalue weighted by molar-refractivity contribution is 0.0586. The van der Waals surface area contributed by atoms with Crippen molar-refractivity contribution in [3.63, 3.8) is 0 Å². The standard InChI is InChI=1S/C18H27BrN2/c1-13-6-7-15(10-17(13)19)18(11-20)21-9-8-14-4-2-3-5-16(14)12-21/h6-7,10,14,16,18H,2-5,8-9,11-12,20H2,1H3. The minimum atomic E-state index is 0.379. The monoisotopic (exact) mass is 350 g/mol. The van der Waals surface area contributed by atoms with Crippen LogP contribution in [0.4, 0.5) is 0 Å². The Morgan fingerprint density at radius 3 is 2.71 bits per heavy atom. The van der Waals surface area contributed by atoms with Gasteiger partial charge in [0.1, 0.15) is 0 Å². The van der Waals surface area contributed by atoms with E-state index in [1.807, 2.05) is 0 Å². The number of likely N-dealkylation sites (tertiary alicyclic amines) is 1. The third kappa shape index (κ3) is 3.35. The van der Waals surface area contributed by atoms with Crippen LogP contribution < -0.4 is 5.73 Å². The molecule has 3 heteroatoms. The molecule has 1 aromatic rings. The highest BCUT2D eigenvalue weighted by atomic mass is 79.9. The van der Waals surface area contributed by atoms with E-state index in [1.54, 1.807) is 0 Å². The largest absolute Gasteiger partial charge is 0.329 e. The van der Waals surface area contributed by atoms with Gasteiger partial charge in [-0.1, -0.05) is 47.3 Å². The van der Waals surface area contributed by atoms with Crippen molar-refractivity contribution in [3.05, 3.63) is 33.8 Å². The van der Waals surface area contributed by atoms with Gasteiger partial charge in [0.2, 0.25) is 0 Å². The number of halogens is 1. The number of piperidine rings is 1. The first kappa shape index (κ1) is 15.5. The van der Waals surface area contributed by atoms with E-state index in [4.69, 9.17) is 5.73 Å². The third-order valence-corrected chi connectivity index (χ3v) is 6.42. The zero-order chi connectivity index (χ0) is 14.8. The van der Waals surface area contributed by atoms with Gasteiger partial charge in [0, 0.05) is 23.6 Å². The maximum absolute atomic E-state index is 6.13. The van der Waals surface area contributed by atoms with Gasteiger partial charge < -0.3 is 5.73 Å². The van der Waals surface area contributed by atoms with E-state index in [0.29, 0.717) is 12.6 Å².